The molecule has 0 radical (unpaired) electrons. The summed E-state index contributed by atoms with van der Waals surface area (Å²) in [6.07, 6.45) is 7.66. The molecule has 1 saturated heterocycles. The van der Waals surface area contributed by atoms with Crippen LogP contribution in [-0.4, -0.2) is 33.5 Å². The van der Waals surface area contributed by atoms with E-state index in [1.54, 1.807) is 12.1 Å². The fraction of sp³-hybridized carbons (Fsp3) is 0.588. The molecule has 6 nitrogen and oxygen atoms in total. The van der Waals surface area contributed by atoms with Crippen LogP contribution >= 0.6 is 0 Å². The van der Waals surface area contributed by atoms with Crippen molar-refractivity contribution in [2.24, 2.45) is 11.1 Å². The number of rotatable bonds is 4. The van der Waals surface area contributed by atoms with Gasteiger partial charge in [0.05, 0.1) is 17.5 Å². The van der Waals surface area contributed by atoms with Crippen molar-refractivity contribution in [1.82, 2.24) is 0 Å². The average molecular weight is 352 g/mol. The zero-order chi connectivity index (χ0) is 17.2. The van der Waals surface area contributed by atoms with Crippen molar-refractivity contribution in [3.63, 3.8) is 0 Å². The highest BCUT2D eigenvalue weighted by Gasteiger charge is 2.37. The zero-order valence-electron chi connectivity index (χ0n) is 13.8. The van der Waals surface area contributed by atoms with Gasteiger partial charge in [-0.3, -0.25) is 4.79 Å². The van der Waals surface area contributed by atoms with E-state index in [0.29, 0.717) is 18.3 Å². The SMILES string of the molecule is NS(=O)(=O)c1ccc(NC(=O)C[NH+]2CCC[C@H]3CCCC[C@@H]32)cc1. The molecule has 1 saturated carbocycles. The molecule has 2 fully saturated rings. The second-order valence-corrected chi connectivity index (χ2v) is 8.56. The Labute approximate surface area is 143 Å². The monoisotopic (exact) mass is 352 g/mol. The minimum Gasteiger partial charge on any atom is -0.324 e. The number of hydrogen-bond donors (Lipinski definition) is 3. The highest BCUT2D eigenvalue weighted by atomic mass is 32.2. The third-order valence-electron chi connectivity index (χ3n) is 5.36. The van der Waals surface area contributed by atoms with Crippen LogP contribution in [0.1, 0.15) is 38.5 Å². The first-order chi connectivity index (χ1) is 11.4. The molecule has 1 aromatic carbocycles. The summed E-state index contributed by atoms with van der Waals surface area (Å²) in [5.41, 5.74) is 0.601. The van der Waals surface area contributed by atoms with Crippen LogP contribution in [0.5, 0.6) is 0 Å². The number of piperidine rings is 1. The maximum absolute atomic E-state index is 12.4. The van der Waals surface area contributed by atoms with Crippen molar-refractivity contribution in [2.45, 2.75) is 49.5 Å². The maximum atomic E-state index is 12.4. The first-order valence-electron chi connectivity index (χ1n) is 8.71. The van der Waals surface area contributed by atoms with Crippen molar-refractivity contribution in [2.75, 3.05) is 18.4 Å². The standard InChI is InChI=1S/C17H25N3O3S/c18-24(22,23)15-9-7-14(8-10-15)19-17(21)12-20-11-3-5-13-4-1-2-6-16(13)20/h7-10,13,16H,1-6,11-12H2,(H,19,21)(H2,18,22,23)/p+1/t13-,16+/m1/s1. The molecule has 1 heterocycles. The zero-order valence-corrected chi connectivity index (χ0v) is 14.6. The van der Waals surface area contributed by atoms with Crippen molar-refractivity contribution in [3.8, 4) is 0 Å². The van der Waals surface area contributed by atoms with Crippen LogP contribution in [0.3, 0.4) is 0 Å². The van der Waals surface area contributed by atoms with Crippen LogP contribution < -0.4 is 15.4 Å². The van der Waals surface area contributed by atoms with Gasteiger partial charge in [0, 0.05) is 11.6 Å². The number of hydrogen-bond acceptors (Lipinski definition) is 3. The van der Waals surface area contributed by atoms with Gasteiger partial charge >= 0.3 is 0 Å². The number of sulfonamides is 1. The number of primary sulfonamides is 1. The molecule has 1 aliphatic carbocycles. The van der Waals surface area contributed by atoms with Gasteiger partial charge in [0.15, 0.2) is 6.54 Å². The van der Waals surface area contributed by atoms with Crippen LogP contribution in [0.2, 0.25) is 0 Å². The number of quaternary nitrogens is 1. The number of nitrogens with two attached hydrogens (primary N) is 1. The Morgan fingerprint density at radius 3 is 2.50 bits per heavy atom. The fourth-order valence-electron chi connectivity index (χ4n) is 4.23. The van der Waals surface area contributed by atoms with E-state index in [2.05, 4.69) is 5.32 Å². The third kappa shape index (κ3) is 4.15. The summed E-state index contributed by atoms with van der Waals surface area (Å²) in [7, 11) is -3.70. The van der Waals surface area contributed by atoms with E-state index in [4.69, 9.17) is 5.14 Å². The topological polar surface area (TPSA) is 93.7 Å². The summed E-state index contributed by atoms with van der Waals surface area (Å²) >= 11 is 0. The van der Waals surface area contributed by atoms with Crippen molar-refractivity contribution in [3.05, 3.63) is 24.3 Å². The van der Waals surface area contributed by atoms with Gasteiger partial charge in [-0.05, 0) is 56.4 Å². The molecular weight excluding hydrogens is 326 g/mol. The number of nitrogens with one attached hydrogen (secondary N) is 2. The lowest BCUT2D eigenvalue weighted by atomic mass is 9.78. The van der Waals surface area contributed by atoms with Crippen molar-refractivity contribution >= 4 is 21.6 Å². The smallest absolute Gasteiger partial charge is 0.279 e. The Morgan fingerprint density at radius 1 is 1.12 bits per heavy atom. The molecule has 0 spiro atoms. The molecule has 132 valence electrons. The number of carbonyl (C=O) groups excluding carboxylic acids is 1. The Kier molecular flexibility index (Phi) is 5.22. The molecule has 0 bridgehead atoms. The van der Waals surface area contributed by atoms with Crippen LogP contribution in [0.15, 0.2) is 29.2 Å². The van der Waals surface area contributed by atoms with Crippen LogP contribution in [0.4, 0.5) is 5.69 Å². The Bertz CT molecular complexity index is 686. The highest BCUT2D eigenvalue weighted by molar-refractivity contribution is 7.89. The molecule has 7 heteroatoms. The van der Waals surface area contributed by atoms with Gasteiger partial charge in [-0.2, -0.15) is 0 Å². The first kappa shape index (κ1) is 17.4. The Balaban J connectivity index is 1.59. The van der Waals surface area contributed by atoms with Gasteiger partial charge in [-0.1, -0.05) is 6.42 Å². The predicted octanol–water partition coefficient (Wildman–Crippen LogP) is 0.510. The second-order valence-electron chi connectivity index (χ2n) is 7.00. The molecule has 1 aliphatic heterocycles. The van der Waals surface area contributed by atoms with E-state index < -0.39 is 10.0 Å². The van der Waals surface area contributed by atoms with Gasteiger partial charge in [0.2, 0.25) is 10.0 Å². The second kappa shape index (κ2) is 7.21. The van der Waals surface area contributed by atoms with Gasteiger partial charge in [-0.15, -0.1) is 0 Å². The number of carbonyl (C=O) groups is 1. The van der Waals surface area contributed by atoms with Crippen LogP contribution in [-0.2, 0) is 14.8 Å². The van der Waals surface area contributed by atoms with Gasteiger partial charge < -0.3 is 10.2 Å². The summed E-state index contributed by atoms with van der Waals surface area (Å²) < 4.78 is 22.5. The molecule has 3 atom stereocenters. The average Bonchev–Trinajstić information content (AvgIpc) is 2.55. The molecule has 4 N–H and O–H groups in total. The third-order valence-corrected chi connectivity index (χ3v) is 6.29. The molecule has 1 aromatic rings. The lowest BCUT2D eigenvalue weighted by molar-refractivity contribution is -0.928. The van der Waals surface area contributed by atoms with Gasteiger partial charge in [0.25, 0.3) is 5.91 Å². The molecule has 3 rings (SSSR count). The number of amides is 1. The summed E-state index contributed by atoms with van der Waals surface area (Å²) in [4.78, 5) is 13.8. The van der Waals surface area contributed by atoms with Gasteiger partial charge in [0.1, 0.15) is 0 Å². The molecule has 1 unspecified atom stereocenters. The molecular formula is C17H26N3O3S+. The summed E-state index contributed by atoms with van der Waals surface area (Å²) in [5.74, 6) is 0.768. The van der Waals surface area contributed by atoms with Crippen LogP contribution in [0, 0.1) is 5.92 Å². The first-order valence-corrected chi connectivity index (χ1v) is 10.3. The van der Waals surface area contributed by atoms with E-state index in [1.807, 2.05) is 0 Å². The number of benzene rings is 1. The van der Waals surface area contributed by atoms with E-state index in [-0.39, 0.29) is 10.8 Å². The van der Waals surface area contributed by atoms with Gasteiger partial charge in [-0.25, -0.2) is 13.6 Å². The van der Waals surface area contributed by atoms with E-state index >= 15 is 0 Å². The highest BCUT2D eigenvalue weighted by Crippen LogP contribution is 2.28. The lowest BCUT2D eigenvalue weighted by Crippen LogP contribution is -3.18. The predicted molar refractivity (Wildman–Crippen MR) is 92.1 cm³/mol. The number of likely N-dealkylation sites (tertiary alicyclic amines) is 1. The minimum absolute atomic E-state index is 0.0143. The number of anilines is 1. The van der Waals surface area contributed by atoms with E-state index in [0.717, 1.165) is 12.5 Å². The summed E-state index contributed by atoms with van der Waals surface area (Å²) in [6.45, 7) is 1.55. The Morgan fingerprint density at radius 2 is 1.79 bits per heavy atom. The molecule has 24 heavy (non-hydrogen) atoms. The van der Waals surface area contributed by atoms with E-state index in [1.165, 1.54) is 55.6 Å². The maximum Gasteiger partial charge on any atom is 0.279 e. The molecule has 2 aliphatic rings. The largest absolute Gasteiger partial charge is 0.324 e. The van der Waals surface area contributed by atoms with E-state index in [9.17, 15) is 13.2 Å². The normalized spacial score (nSPS) is 27.3. The van der Waals surface area contributed by atoms with Crippen LogP contribution in [0.25, 0.3) is 0 Å². The fourth-order valence-corrected chi connectivity index (χ4v) is 4.74. The lowest BCUT2D eigenvalue weighted by Gasteiger charge is -2.40. The van der Waals surface area contributed by atoms with Crippen molar-refractivity contribution < 1.29 is 18.1 Å². The minimum atomic E-state index is -3.70. The van der Waals surface area contributed by atoms with Crippen molar-refractivity contribution in [1.29, 1.82) is 0 Å². The summed E-state index contributed by atoms with van der Waals surface area (Å²) in [5, 5.41) is 7.94. The summed E-state index contributed by atoms with van der Waals surface area (Å²) in [6, 6.07) is 6.60. The number of fused-ring (bicyclic) bond motifs is 1. The molecule has 0 aromatic heterocycles. The Hall–Kier alpha value is -1.44. The quantitative estimate of drug-likeness (QED) is 0.737. The molecule has 1 amide bonds.